The first-order valence-corrected chi connectivity index (χ1v) is 9.10. The molecule has 0 amide bonds. The van der Waals surface area contributed by atoms with Gasteiger partial charge in [0.25, 0.3) is 0 Å². The molecule has 0 bridgehead atoms. The predicted octanol–water partition coefficient (Wildman–Crippen LogP) is 3.74. The van der Waals surface area contributed by atoms with Crippen LogP contribution < -0.4 is 24.3 Å². The van der Waals surface area contributed by atoms with Crippen molar-refractivity contribution in [2.24, 2.45) is 0 Å². The molecule has 0 saturated heterocycles. The minimum Gasteiger partial charge on any atom is -0.493 e. The van der Waals surface area contributed by atoms with Gasteiger partial charge in [-0.1, -0.05) is 18.2 Å². The highest BCUT2D eigenvalue weighted by Crippen LogP contribution is 2.43. The minimum atomic E-state index is 0.0144. The Balaban J connectivity index is 2.12. The second-order valence-corrected chi connectivity index (χ2v) is 6.05. The SMILES string of the molecule is CCOc1c(OC)cccc1C1NCCc2c1ccc(OC)c2OCC. The highest BCUT2D eigenvalue weighted by molar-refractivity contribution is 5.57. The molecule has 0 aliphatic carbocycles. The summed E-state index contributed by atoms with van der Waals surface area (Å²) in [7, 11) is 3.35. The summed E-state index contributed by atoms with van der Waals surface area (Å²) in [6, 6.07) is 10.1. The van der Waals surface area contributed by atoms with E-state index in [0.29, 0.717) is 13.2 Å². The van der Waals surface area contributed by atoms with Crippen LogP contribution in [0.4, 0.5) is 0 Å². The third-order valence-electron chi connectivity index (χ3n) is 4.63. The molecule has 0 aromatic heterocycles. The molecule has 3 rings (SSSR count). The Morgan fingerprint density at radius 2 is 1.58 bits per heavy atom. The van der Waals surface area contributed by atoms with E-state index >= 15 is 0 Å². The van der Waals surface area contributed by atoms with Crippen LogP contribution in [0.1, 0.15) is 36.6 Å². The fourth-order valence-electron chi connectivity index (χ4n) is 3.56. The molecular formula is C21H27NO4. The van der Waals surface area contributed by atoms with Crippen LogP contribution in [-0.4, -0.2) is 34.0 Å². The average molecular weight is 357 g/mol. The highest BCUT2D eigenvalue weighted by Gasteiger charge is 2.29. The van der Waals surface area contributed by atoms with Crippen molar-refractivity contribution in [1.82, 2.24) is 5.32 Å². The van der Waals surface area contributed by atoms with Gasteiger partial charge in [0, 0.05) is 17.7 Å². The van der Waals surface area contributed by atoms with Gasteiger partial charge >= 0.3 is 0 Å². The van der Waals surface area contributed by atoms with Crippen molar-refractivity contribution >= 4 is 0 Å². The fourth-order valence-corrected chi connectivity index (χ4v) is 3.56. The van der Waals surface area contributed by atoms with E-state index in [2.05, 4.69) is 17.4 Å². The van der Waals surface area contributed by atoms with E-state index in [1.54, 1.807) is 14.2 Å². The second kappa shape index (κ2) is 8.32. The first-order valence-electron chi connectivity index (χ1n) is 9.10. The molecule has 1 N–H and O–H groups in total. The molecule has 2 aromatic rings. The number of ether oxygens (including phenoxy) is 4. The van der Waals surface area contributed by atoms with Crippen LogP contribution in [0.2, 0.25) is 0 Å². The Labute approximate surface area is 155 Å². The van der Waals surface area contributed by atoms with Crippen molar-refractivity contribution < 1.29 is 18.9 Å². The van der Waals surface area contributed by atoms with Crippen molar-refractivity contribution in [3.05, 3.63) is 47.0 Å². The van der Waals surface area contributed by atoms with Crippen molar-refractivity contribution in [1.29, 1.82) is 0 Å². The lowest BCUT2D eigenvalue weighted by Crippen LogP contribution is -2.31. The van der Waals surface area contributed by atoms with Crippen LogP contribution in [-0.2, 0) is 6.42 Å². The molecule has 0 spiro atoms. The monoisotopic (exact) mass is 357 g/mol. The summed E-state index contributed by atoms with van der Waals surface area (Å²) in [5, 5.41) is 3.62. The van der Waals surface area contributed by atoms with Crippen molar-refractivity contribution in [3.63, 3.8) is 0 Å². The standard InChI is InChI=1S/C21H27NO4/c1-5-25-20-15-12-13-22-19(14(15)10-11-18(20)24-4)16-8-7-9-17(23-3)21(16)26-6-2/h7-11,19,22H,5-6,12-13H2,1-4H3. The number of para-hydroxylation sites is 1. The van der Waals surface area contributed by atoms with Crippen LogP contribution in [0.3, 0.4) is 0 Å². The largest absolute Gasteiger partial charge is 0.493 e. The van der Waals surface area contributed by atoms with E-state index in [-0.39, 0.29) is 6.04 Å². The van der Waals surface area contributed by atoms with Gasteiger partial charge in [-0.3, -0.25) is 0 Å². The third-order valence-corrected chi connectivity index (χ3v) is 4.63. The van der Waals surface area contributed by atoms with Gasteiger partial charge in [-0.05, 0) is 38.0 Å². The first-order chi connectivity index (χ1) is 12.7. The Hall–Kier alpha value is -2.40. The molecule has 1 atom stereocenters. The zero-order chi connectivity index (χ0) is 18.5. The number of hydrogen-bond donors (Lipinski definition) is 1. The summed E-state index contributed by atoms with van der Waals surface area (Å²) in [4.78, 5) is 0. The van der Waals surface area contributed by atoms with Crippen LogP contribution >= 0.6 is 0 Å². The number of rotatable bonds is 7. The van der Waals surface area contributed by atoms with Crippen molar-refractivity contribution in [3.8, 4) is 23.0 Å². The van der Waals surface area contributed by atoms with Gasteiger partial charge in [0.1, 0.15) is 0 Å². The number of nitrogens with one attached hydrogen (secondary N) is 1. The molecule has 0 saturated carbocycles. The van der Waals surface area contributed by atoms with Gasteiger partial charge in [-0.15, -0.1) is 0 Å². The van der Waals surface area contributed by atoms with Crippen molar-refractivity contribution in [2.45, 2.75) is 26.3 Å². The Kier molecular flexibility index (Phi) is 5.89. The summed E-state index contributed by atoms with van der Waals surface area (Å²) in [5.41, 5.74) is 3.45. The lowest BCUT2D eigenvalue weighted by atomic mass is 9.88. The van der Waals surface area contributed by atoms with Gasteiger partial charge in [0.2, 0.25) is 0 Å². The molecule has 0 fully saturated rings. The third kappa shape index (κ3) is 3.31. The Bertz CT molecular complexity index is 760. The summed E-state index contributed by atoms with van der Waals surface area (Å²) >= 11 is 0. The first kappa shape index (κ1) is 18.4. The number of hydrogen-bond acceptors (Lipinski definition) is 5. The maximum absolute atomic E-state index is 5.93. The zero-order valence-corrected chi connectivity index (χ0v) is 15.9. The molecular weight excluding hydrogens is 330 g/mol. The molecule has 1 unspecified atom stereocenters. The topological polar surface area (TPSA) is 49.0 Å². The quantitative estimate of drug-likeness (QED) is 0.818. The molecule has 26 heavy (non-hydrogen) atoms. The number of methoxy groups -OCH3 is 2. The van der Waals surface area contributed by atoms with E-state index in [0.717, 1.165) is 41.5 Å². The molecule has 5 heteroatoms. The lowest BCUT2D eigenvalue weighted by molar-refractivity contribution is 0.300. The molecule has 2 aromatic carbocycles. The van der Waals surface area contributed by atoms with Crippen LogP contribution in [0.5, 0.6) is 23.0 Å². The minimum absolute atomic E-state index is 0.0144. The van der Waals surface area contributed by atoms with E-state index in [4.69, 9.17) is 18.9 Å². The Morgan fingerprint density at radius 3 is 2.27 bits per heavy atom. The van der Waals surface area contributed by atoms with Crippen LogP contribution in [0.25, 0.3) is 0 Å². The molecule has 140 valence electrons. The van der Waals surface area contributed by atoms with Crippen LogP contribution in [0, 0.1) is 0 Å². The van der Waals surface area contributed by atoms with Gasteiger partial charge in [-0.2, -0.15) is 0 Å². The highest BCUT2D eigenvalue weighted by atomic mass is 16.5. The maximum atomic E-state index is 5.93. The van der Waals surface area contributed by atoms with E-state index in [9.17, 15) is 0 Å². The van der Waals surface area contributed by atoms with E-state index < -0.39 is 0 Å². The average Bonchev–Trinajstić information content (AvgIpc) is 2.68. The van der Waals surface area contributed by atoms with Gasteiger partial charge in [0.15, 0.2) is 23.0 Å². The number of fused-ring (bicyclic) bond motifs is 1. The molecule has 0 radical (unpaired) electrons. The molecule has 1 heterocycles. The van der Waals surface area contributed by atoms with Gasteiger partial charge < -0.3 is 24.3 Å². The summed E-state index contributed by atoms with van der Waals surface area (Å²) in [5.74, 6) is 3.16. The molecule has 1 aliphatic rings. The second-order valence-electron chi connectivity index (χ2n) is 6.05. The lowest BCUT2D eigenvalue weighted by Gasteiger charge is -2.30. The van der Waals surface area contributed by atoms with Gasteiger partial charge in [0.05, 0.1) is 33.5 Å². The molecule has 1 aliphatic heterocycles. The molecule has 5 nitrogen and oxygen atoms in total. The zero-order valence-electron chi connectivity index (χ0n) is 15.9. The fraction of sp³-hybridized carbons (Fsp3) is 0.429. The summed E-state index contributed by atoms with van der Waals surface area (Å²) in [6.07, 6.45) is 0.895. The van der Waals surface area contributed by atoms with Crippen molar-refractivity contribution in [2.75, 3.05) is 34.0 Å². The van der Waals surface area contributed by atoms with Crippen LogP contribution in [0.15, 0.2) is 30.3 Å². The smallest absolute Gasteiger partial charge is 0.166 e. The normalized spacial score (nSPS) is 15.9. The van der Waals surface area contributed by atoms with E-state index in [1.165, 1.54) is 11.1 Å². The van der Waals surface area contributed by atoms with E-state index in [1.807, 2.05) is 32.0 Å². The maximum Gasteiger partial charge on any atom is 0.166 e. The summed E-state index contributed by atoms with van der Waals surface area (Å²) in [6.45, 7) is 6.02. The Morgan fingerprint density at radius 1 is 0.885 bits per heavy atom. The number of benzene rings is 2. The predicted molar refractivity (Wildman–Crippen MR) is 102 cm³/mol. The summed E-state index contributed by atoms with van der Waals surface area (Å²) < 4.78 is 22.9. The van der Waals surface area contributed by atoms with Gasteiger partial charge in [-0.25, -0.2) is 0 Å².